The molecule has 0 aromatic heterocycles. The van der Waals surface area contributed by atoms with Gasteiger partial charge in [0.1, 0.15) is 5.75 Å². The first-order valence-corrected chi connectivity index (χ1v) is 5.73. The van der Waals surface area contributed by atoms with Crippen LogP contribution in [0.1, 0.15) is 24.4 Å². The highest BCUT2D eigenvalue weighted by atomic mass is 16.5. The van der Waals surface area contributed by atoms with Crippen LogP contribution in [0.5, 0.6) is 5.75 Å². The van der Waals surface area contributed by atoms with Crippen LogP contribution in [0, 0.1) is 0 Å². The summed E-state index contributed by atoms with van der Waals surface area (Å²) in [7, 11) is 3.48. The van der Waals surface area contributed by atoms with E-state index in [1.165, 1.54) is 5.56 Å². The first-order chi connectivity index (χ1) is 7.83. The lowest BCUT2D eigenvalue weighted by Crippen LogP contribution is -2.35. The van der Waals surface area contributed by atoms with Gasteiger partial charge >= 0.3 is 0 Å². The molecule has 0 radical (unpaired) electrons. The van der Waals surface area contributed by atoms with E-state index >= 15 is 0 Å². The lowest BCUT2D eigenvalue weighted by Gasteiger charge is -2.29. The molecule has 3 heteroatoms. The van der Waals surface area contributed by atoms with Crippen molar-refractivity contribution in [3.05, 3.63) is 29.8 Å². The molecule has 1 saturated heterocycles. The minimum atomic E-state index is 0.383. The standard InChI is InChI=1S/C13H19NO2/c1-15-11-5-3-10(4-6-11)13-9-12(16-2)7-8-14-13/h3-6,12-14H,7-9H2,1-2H3. The maximum absolute atomic E-state index is 5.42. The molecular formula is C13H19NO2. The summed E-state index contributed by atoms with van der Waals surface area (Å²) in [5.41, 5.74) is 1.31. The molecule has 0 amide bonds. The minimum Gasteiger partial charge on any atom is -0.497 e. The third-order valence-electron chi connectivity index (χ3n) is 3.21. The van der Waals surface area contributed by atoms with Gasteiger partial charge < -0.3 is 14.8 Å². The van der Waals surface area contributed by atoms with Crippen LogP contribution in [-0.2, 0) is 4.74 Å². The zero-order chi connectivity index (χ0) is 11.4. The maximum atomic E-state index is 5.42. The highest BCUT2D eigenvalue weighted by Gasteiger charge is 2.22. The topological polar surface area (TPSA) is 30.5 Å². The number of methoxy groups -OCH3 is 2. The van der Waals surface area contributed by atoms with Crippen molar-refractivity contribution in [2.75, 3.05) is 20.8 Å². The second-order valence-electron chi connectivity index (χ2n) is 4.16. The van der Waals surface area contributed by atoms with Gasteiger partial charge in [-0.25, -0.2) is 0 Å². The SMILES string of the molecule is COc1ccc(C2CC(OC)CCN2)cc1. The summed E-state index contributed by atoms with van der Waals surface area (Å²) < 4.78 is 10.6. The molecule has 0 bridgehead atoms. The second-order valence-corrected chi connectivity index (χ2v) is 4.16. The molecule has 1 N–H and O–H groups in total. The van der Waals surface area contributed by atoms with Gasteiger partial charge in [-0.15, -0.1) is 0 Å². The van der Waals surface area contributed by atoms with E-state index in [4.69, 9.17) is 9.47 Å². The first kappa shape index (κ1) is 11.4. The third kappa shape index (κ3) is 2.54. The number of hydrogen-bond donors (Lipinski definition) is 1. The van der Waals surface area contributed by atoms with Gasteiger partial charge in [0.25, 0.3) is 0 Å². The highest BCUT2D eigenvalue weighted by molar-refractivity contribution is 5.29. The predicted molar refractivity (Wildman–Crippen MR) is 63.8 cm³/mol. The number of nitrogens with one attached hydrogen (secondary N) is 1. The Morgan fingerprint density at radius 3 is 2.56 bits per heavy atom. The molecule has 88 valence electrons. The van der Waals surface area contributed by atoms with Crippen molar-refractivity contribution in [3.63, 3.8) is 0 Å². The van der Waals surface area contributed by atoms with Crippen molar-refractivity contribution >= 4 is 0 Å². The molecule has 2 unspecified atom stereocenters. The summed E-state index contributed by atoms with van der Waals surface area (Å²) in [4.78, 5) is 0. The lowest BCUT2D eigenvalue weighted by molar-refractivity contribution is 0.0619. The Bertz CT molecular complexity index is 323. The fourth-order valence-electron chi connectivity index (χ4n) is 2.19. The predicted octanol–water partition coefficient (Wildman–Crippen LogP) is 2.13. The molecule has 1 aromatic rings. The van der Waals surface area contributed by atoms with E-state index in [1.807, 2.05) is 12.1 Å². The van der Waals surface area contributed by atoms with E-state index in [-0.39, 0.29) is 0 Å². The molecular weight excluding hydrogens is 202 g/mol. The molecule has 2 atom stereocenters. The largest absolute Gasteiger partial charge is 0.497 e. The second kappa shape index (κ2) is 5.32. The average Bonchev–Trinajstić information content (AvgIpc) is 2.39. The molecule has 16 heavy (non-hydrogen) atoms. The number of hydrogen-bond acceptors (Lipinski definition) is 3. The molecule has 0 saturated carbocycles. The van der Waals surface area contributed by atoms with E-state index in [1.54, 1.807) is 14.2 Å². The highest BCUT2D eigenvalue weighted by Crippen LogP contribution is 2.25. The van der Waals surface area contributed by atoms with E-state index in [2.05, 4.69) is 17.4 Å². The van der Waals surface area contributed by atoms with Crippen molar-refractivity contribution < 1.29 is 9.47 Å². The van der Waals surface area contributed by atoms with Crippen LogP contribution in [0.15, 0.2) is 24.3 Å². The van der Waals surface area contributed by atoms with Gasteiger partial charge in [0.2, 0.25) is 0 Å². The van der Waals surface area contributed by atoms with Crippen LogP contribution in [0.2, 0.25) is 0 Å². The van der Waals surface area contributed by atoms with Crippen LogP contribution < -0.4 is 10.1 Å². The van der Waals surface area contributed by atoms with Crippen molar-refractivity contribution in [2.45, 2.75) is 25.0 Å². The molecule has 0 aliphatic carbocycles. The zero-order valence-electron chi connectivity index (χ0n) is 9.90. The Hall–Kier alpha value is -1.06. The summed E-state index contributed by atoms with van der Waals surface area (Å²) in [6.45, 7) is 1.02. The Kier molecular flexibility index (Phi) is 3.80. The van der Waals surface area contributed by atoms with Crippen LogP contribution >= 0.6 is 0 Å². The summed E-state index contributed by atoms with van der Waals surface area (Å²) in [6.07, 6.45) is 2.53. The summed E-state index contributed by atoms with van der Waals surface area (Å²) in [5, 5.41) is 3.52. The fourth-order valence-corrected chi connectivity index (χ4v) is 2.19. The Balaban J connectivity index is 2.05. The zero-order valence-corrected chi connectivity index (χ0v) is 9.90. The van der Waals surface area contributed by atoms with Gasteiger partial charge in [-0.2, -0.15) is 0 Å². The van der Waals surface area contributed by atoms with Gasteiger partial charge in [0, 0.05) is 13.2 Å². The van der Waals surface area contributed by atoms with E-state index in [0.717, 1.165) is 25.1 Å². The van der Waals surface area contributed by atoms with Crippen LogP contribution in [-0.4, -0.2) is 26.9 Å². The van der Waals surface area contributed by atoms with Crippen LogP contribution in [0.4, 0.5) is 0 Å². The van der Waals surface area contributed by atoms with Gasteiger partial charge in [0.05, 0.1) is 13.2 Å². The Morgan fingerprint density at radius 2 is 1.94 bits per heavy atom. The summed E-state index contributed by atoms with van der Waals surface area (Å²) >= 11 is 0. The number of ether oxygens (including phenoxy) is 2. The Labute approximate surface area is 96.8 Å². The van der Waals surface area contributed by atoms with Crippen molar-refractivity contribution in [1.82, 2.24) is 5.32 Å². The molecule has 1 fully saturated rings. The molecule has 3 nitrogen and oxygen atoms in total. The molecule has 1 aromatic carbocycles. The number of piperidine rings is 1. The van der Waals surface area contributed by atoms with Crippen molar-refractivity contribution in [2.24, 2.45) is 0 Å². The summed E-state index contributed by atoms with van der Waals surface area (Å²) in [5.74, 6) is 0.905. The monoisotopic (exact) mass is 221 g/mol. The molecule has 2 rings (SSSR count). The van der Waals surface area contributed by atoms with E-state index in [9.17, 15) is 0 Å². The van der Waals surface area contributed by atoms with E-state index < -0.39 is 0 Å². The number of benzene rings is 1. The van der Waals surface area contributed by atoms with Gasteiger partial charge in [-0.05, 0) is 37.1 Å². The van der Waals surface area contributed by atoms with Crippen molar-refractivity contribution in [3.8, 4) is 5.75 Å². The van der Waals surface area contributed by atoms with Gasteiger partial charge in [-0.1, -0.05) is 12.1 Å². The number of rotatable bonds is 3. The van der Waals surface area contributed by atoms with E-state index in [0.29, 0.717) is 12.1 Å². The molecule has 0 spiro atoms. The molecule has 1 aliphatic heterocycles. The van der Waals surface area contributed by atoms with Crippen LogP contribution in [0.3, 0.4) is 0 Å². The Morgan fingerprint density at radius 1 is 1.19 bits per heavy atom. The molecule has 1 heterocycles. The lowest BCUT2D eigenvalue weighted by atomic mass is 9.95. The smallest absolute Gasteiger partial charge is 0.118 e. The average molecular weight is 221 g/mol. The first-order valence-electron chi connectivity index (χ1n) is 5.73. The van der Waals surface area contributed by atoms with Crippen LogP contribution in [0.25, 0.3) is 0 Å². The van der Waals surface area contributed by atoms with Gasteiger partial charge in [0.15, 0.2) is 0 Å². The quantitative estimate of drug-likeness (QED) is 0.848. The molecule has 1 aliphatic rings. The maximum Gasteiger partial charge on any atom is 0.118 e. The normalized spacial score (nSPS) is 25.4. The van der Waals surface area contributed by atoms with Gasteiger partial charge in [-0.3, -0.25) is 0 Å². The third-order valence-corrected chi connectivity index (χ3v) is 3.21. The fraction of sp³-hybridized carbons (Fsp3) is 0.538. The van der Waals surface area contributed by atoms with Crippen molar-refractivity contribution in [1.29, 1.82) is 0 Å². The minimum absolute atomic E-state index is 0.383. The summed E-state index contributed by atoms with van der Waals surface area (Å²) in [6, 6.07) is 8.66.